The summed E-state index contributed by atoms with van der Waals surface area (Å²) in [5, 5.41) is 0. The van der Waals surface area contributed by atoms with Crippen LogP contribution < -0.4 is 0 Å². The van der Waals surface area contributed by atoms with Gasteiger partial charge in [0.05, 0.1) is 17.4 Å². The predicted molar refractivity (Wildman–Crippen MR) is 198 cm³/mol. The van der Waals surface area contributed by atoms with Gasteiger partial charge in [0, 0.05) is 24.5 Å². The molecule has 258 valence electrons. The zero-order chi connectivity index (χ0) is 35.9. The number of aryl methyl sites for hydroxylation is 1. The average molecular weight is 698 g/mol. The Labute approximate surface area is 299 Å². The lowest BCUT2D eigenvalue weighted by atomic mass is 9.56. The van der Waals surface area contributed by atoms with Gasteiger partial charge in [0.2, 0.25) is 0 Å². The van der Waals surface area contributed by atoms with Crippen molar-refractivity contribution in [2.45, 2.75) is 42.2 Å². The van der Waals surface area contributed by atoms with Crippen LogP contribution in [0, 0.1) is 6.92 Å². The molecule has 0 bridgehead atoms. The molecule has 0 saturated heterocycles. The number of ether oxygens (including phenoxy) is 1. The number of nitrogens with one attached hydrogen (secondary N) is 1. The number of aromatic amines is 1. The minimum atomic E-state index is -4.10. The number of aromatic nitrogens is 2. The van der Waals surface area contributed by atoms with E-state index < -0.39 is 33.1 Å². The molecule has 0 aliphatic heterocycles. The number of methoxy groups -OCH3 is 1. The third-order valence-corrected chi connectivity index (χ3v) is 10.4. The van der Waals surface area contributed by atoms with E-state index >= 15 is 0 Å². The Bertz CT molecular complexity index is 2090. The molecule has 0 spiro atoms. The van der Waals surface area contributed by atoms with Crippen LogP contribution in [-0.2, 0) is 35.7 Å². The summed E-state index contributed by atoms with van der Waals surface area (Å²) in [5.74, 6) is -0.301. The van der Waals surface area contributed by atoms with Gasteiger partial charge >= 0.3 is 5.97 Å². The minimum absolute atomic E-state index is 0.00782. The SMILES string of the molecule is COC(=O)[C@](Cc1cnc(C(C)OS(=O)(=O)c2ccc(C)cc2)[nH]1)(N=Cc1ccccc1)C(c1ccccc1)(c1ccccc1)c1ccccc1. The second-order valence-electron chi connectivity index (χ2n) is 12.3. The Kier molecular flexibility index (Phi) is 10.4. The van der Waals surface area contributed by atoms with Crippen LogP contribution in [0.3, 0.4) is 0 Å². The molecule has 0 aliphatic rings. The maximum absolute atomic E-state index is 14.9. The van der Waals surface area contributed by atoms with Crippen molar-refractivity contribution >= 4 is 22.3 Å². The van der Waals surface area contributed by atoms with E-state index in [2.05, 4.69) is 9.97 Å². The molecule has 1 heterocycles. The summed E-state index contributed by atoms with van der Waals surface area (Å²) in [6, 6.07) is 45.5. The number of carbonyl (C=O) groups excluding carboxylic acids is 1. The fourth-order valence-electron chi connectivity index (χ4n) is 6.67. The minimum Gasteiger partial charge on any atom is -0.467 e. The summed E-state index contributed by atoms with van der Waals surface area (Å²) in [5.41, 5.74) is 1.79. The highest BCUT2D eigenvalue weighted by atomic mass is 32.2. The molecule has 6 aromatic rings. The van der Waals surface area contributed by atoms with Crippen LogP contribution in [0.4, 0.5) is 0 Å². The zero-order valence-corrected chi connectivity index (χ0v) is 29.5. The van der Waals surface area contributed by atoms with Gasteiger partial charge in [-0.25, -0.2) is 9.78 Å². The number of esters is 1. The largest absolute Gasteiger partial charge is 0.467 e. The molecule has 1 unspecified atom stereocenters. The van der Waals surface area contributed by atoms with Crippen LogP contribution in [-0.4, -0.2) is 43.2 Å². The molecule has 8 nitrogen and oxygen atoms in total. The van der Waals surface area contributed by atoms with Crippen molar-refractivity contribution in [2.75, 3.05) is 7.11 Å². The van der Waals surface area contributed by atoms with Crippen LogP contribution in [0.2, 0.25) is 0 Å². The summed E-state index contributed by atoms with van der Waals surface area (Å²) in [6.45, 7) is 3.49. The molecule has 9 heteroatoms. The fourth-order valence-corrected chi connectivity index (χ4v) is 7.72. The van der Waals surface area contributed by atoms with E-state index in [1.807, 2.05) is 128 Å². The number of hydrogen-bond acceptors (Lipinski definition) is 7. The number of rotatable bonds is 13. The highest BCUT2D eigenvalue weighted by Gasteiger charge is 2.60. The molecule has 0 amide bonds. The number of benzene rings is 5. The van der Waals surface area contributed by atoms with Gasteiger partial charge < -0.3 is 9.72 Å². The Balaban J connectivity index is 1.56. The summed E-state index contributed by atoms with van der Waals surface area (Å²) in [6.07, 6.45) is 2.33. The highest BCUT2D eigenvalue weighted by molar-refractivity contribution is 7.86. The number of imidazole rings is 1. The lowest BCUT2D eigenvalue weighted by molar-refractivity contribution is -0.148. The Morgan fingerprint density at radius 1 is 0.784 bits per heavy atom. The molecule has 0 fully saturated rings. The smallest absolute Gasteiger partial charge is 0.335 e. The van der Waals surface area contributed by atoms with E-state index in [0.29, 0.717) is 5.69 Å². The number of nitrogens with zero attached hydrogens (tertiary/aromatic N) is 2. The fraction of sp³-hybridized carbons (Fsp3) is 0.167. The standard InChI is InChI=1S/C42H39N3O5S/c1-31-24-26-38(27-25-31)51(47,48)50-32(2)39-43-30-37(45-39)28-41(40(46)49-3,44-29-33-16-8-4-9-17-33)42(34-18-10-5-11-19-34,35-20-12-6-13-21-35)36-22-14-7-15-23-36/h4-27,29-30,32H,28H2,1-3H3,(H,43,45)/t32?,41-/m0/s1. The first-order valence-corrected chi connectivity index (χ1v) is 18.0. The van der Waals surface area contributed by atoms with E-state index in [0.717, 1.165) is 27.8 Å². The molecule has 2 atom stereocenters. The number of carbonyl (C=O) groups is 1. The molecule has 1 aromatic heterocycles. The maximum atomic E-state index is 14.9. The van der Waals surface area contributed by atoms with Crippen molar-refractivity contribution in [1.29, 1.82) is 0 Å². The van der Waals surface area contributed by atoms with Crippen molar-refractivity contribution in [2.24, 2.45) is 4.99 Å². The monoisotopic (exact) mass is 697 g/mol. The van der Waals surface area contributed by atoms with Crippen molar-refractivity contribution in [3.05, 3.63) is 191 Å². The number of hydrogen-bond donors (Lipinski definition) is 1. The first-order chi connectivity index (χ1) is 24.7. The summed E-state index contributed by atoms with van der Waals surface area (Å²) >= 11 is 0. The molecule has 51 heavy (non-hydrogen) atoms. The van der Waals surface area contributed by atoms with Gasteiger partial charge in [-0.2, -0.15) is 8.42 Å². The Morgan fingerprint density at radius 2 is 1.27 bits per heavy atom. The van der Waals surface area contributed by atoms with Crippen LogP contribution in [0.15, 0.2) is 162 Å². The topological polar surface area (TPSA) is 111 Å². The van der Waals surface area contributed by atoms with E-state index in [-0.39, 0.29) is 17.1 Å². The van der Waals surface area contributed by atoms with Crippen LogP contribution in [0.5, 0.6) is 0 Å². The van der Waals surface area contributed by atoms with Gasteiger partial charge in [-0.3, -0.25) is 9.18 Å². The first kappa shape index (κ1) is 35.2. The van der Waals surface area contributed by atoms with Gasteiger partial charge in [0.1, 0.15) is 11.9 Å². The van der Waals surface area contributed by atoms with Crippen molar-refractivity contribution in [1.82, 2.24) is 9.97 Å². The summed E-state index contributed by atoms with van der Waals surface area (Å²) in [4.78, 5) is 28.0. The third-order valence-electron chi connectivity index (χ3n) is 9.06. The maximum Gasteiger partial charge on any atom is 0.335 e. The van der Waals surface area contributed by atoms with Crippen molar-refractivity contribution in [3.63, 3.8) is 0 Å². The van der Waals surface area contributed by atoms with E-state index in [1.165, 1.54) is 19.2 Å². The zero-order valence-electron chi connectivity index (χ0n) is 28.6. The molecule has 6 rings (SSSR count). The van der Waals surface area contributed by atoms with Gasteiger partial charge in [-0.05, 0) is 48.2 Å². The van der Waals surface area contributed by atoms with Crippen molar-refractivity contribution < 1.29 is 22.1 Å². The average Bonchev–Trinajstić information content (AvgIpc) is 3.64. The van der Waals surface area contributed by atoms with Gasteiger partial charge in [0.15, 0.2) is 5.54 Å². The summed E-state index contributed by atoms with van der Waals surface area (Å²) in [7, 11) is -2.73. The normalized spacial score (nSPS) is 13.8. The Hall–Kier alpha value is -5.64. The van der Waals surface area contributed by atoms with E-state index in [9.17, 15) is 13.2 Å². The van der Waals surface area contributed by atoms with Gasteiger partial charge in [0.25, 0.3) is 10.1 Å². The summed E-state index contributed by atoms with van der Waals surface area (Å²) < 4.78 is 37.7. The first-order valence-electron chi connectivity index (χ1n) is 16.6. The van der Waals surface area contributed by atoms with Crippen LogP contribution in [0.25, 0.3) is 0 Å². The quantitative estimate of drug-likeness (QED) is 0.0571. The molecule has 0 saturated carbocycles. The molecular weight excluding hydrogens is 659 g/mol. The van der Waals surface area contributed by atoms with E-state index in [1.54, 1.807) is 31.5 Å². The third kappa shape index (κ3) is 7.04. The van der Waals surface area contributed by atoms with Crippen LogP contribution in [0.1, 0.15) is 52.4 Å². The lowest BCUT2D eigenvalue weighted by Crippen LogP contribution is -2.59. The lowest BCUT2D eigenvalue weighted by Gasteiger charge is -2.47. The van der Waals surface area contributed by atoms with Gasteiger partial charge in [-0.15, -0.1) is 0 Å². The predicted octanol–water partition coefficient (Wildman–Crippen LogP) is 7.79. The highest BCUT2D eigenvalue weighted by Crippen LogP contribution is 2.51. The van der Waals surface area contributed by atoms with Crippen molar-refractivity contribution in [3.8, 4) is 0 Å². The van der Waals surface area contributed by atoms with Gasteiger partial charge in [-0.1, -0.05) is 139 Å². The molecular formula is C42H39N3O5S. The second-order valence-corrected chi connectivity index (χ2v) is 13.9. The second kappa shape index (κ2) is 15.1. The molecule has 1 N–H and O–H groups in total. The van der Waals surface area contributed by atoms with Crippen LogP contribution >= 0.6 is 0 Å². The molecule has 0 radical (unpaired) electrons. The molecule has 5 aromatic carbocycles. The number of aliphatic imine (C=N–C) groups is 1. The Morgan fingerprint density at radius 3 is 1.76 bits per heavy atom. The van der Waals surface area contributed by atoms with E-state index in [4.69, 9.17) is 13.9 Å². The molecule has 0 aliphatic carbocycles. The number of H-pyrrole nitrogens is 1.